The Labute approximate surface area is 128 Å². The van der Waals surface area contributed by atoms with Crippen molar-refractivity contribution >= 4 is 28.3 Å². The van der Waals surface area contributed by atoms with Crippen molar-refractivity contribution in [2.45, 2.75) is 18.4 Å². The summed E-state index contributed by atoms with van der Waals surface area (Å²) in [6, 6.07) is 18.4. The molecule has 1 fully saturated rings. The molecule has 2 aromatic carbocycles. The van der Waals surface area contributed by atoms with Crippen LogP contribution in [0.4, 0.5) is 5.82 Å². The van der Waals surface area contributed by atoms with Gasteiger partial charge in [-0.2, -0.15) is 0 Å². The van der Waals surface area contributed by atoms with E-state index in [1.807, 2.05) is 30.3 Å². The van der Waals surface area contributed by atoms with Crippen LogP contribution in [0.1, 0.15) is 18.4 Å². The molecule has 0 unspecified atom stereocenters. The molecule has 4 rings (SSSR count). The maximum atomic E-state index is 6.06. The second kappa shape index (κ2) is 4.71. The largest absolute Gasteiger partial charge is 0.360 e. The van der Waals surface area contributed by atoms with E-state index in [0.717, 1.165) is 29.6 Å². The smallest absolute Gasteiger partial charge is 0.224 e. The molecule has 0 atom stereocenters. The molecular weight excluding hydrogens is 282 g/mol. The molecule has 0 aliphatic heterocycles. The predicted molar refractivity (Wildman–Crippen MR) is 85.5 cm³/mol. The molecule has 3 nitrogen and oxygen atoms in total. The Bertz CT molecular complexity index is 797. The first-order valence-corrected chi connectivity index (χ1v) is 7.41. The number of anilines is 1. The molecule has 1 heterocycles. The molecule has 1 N–H and O–H groups in total. The van der Waals surface area contributed by atoms with Gasteiger partial charge in [-0.3, -0.25) is 0 Å². The number of benzene rings is 2. The maximum absolute atomic E-state index is 6.06. The van der Waals surface area contributed by atoms with Gasteiger partial charge >= 0.3 is 0 Å². The summed E-state index contributed by atoms with van der Waals surface area (Å²) in [5.41, 5.74) is 2.15. The van der Waals surface area contributed by atoms with Crippen molar-refractivity contribution in [3.05, 3.63) is 65.4 Å². The highest BCUT2D eigenvalue weighted by Gasteiger charge is 2.44. The van der Waals surface area contributed by atoms with Crippen LogP contribution in [0.2, 0.25) is 5.28 Å². The Hall–Kier alpha value is -2.13. The fourth-order valence-corrected chi connectivity index (χ4v) is 2.91. The molecule has 104 valence electrons. The second-order valence-electron chi connectivity index (χ2n) is 5.43. The zero-order valence-corrected chi connectivity index (χ0v) is 12.1. The van der Waals surface area contributed by atoms with Gasteiger partial charge < -0.3 is 5.32 Å². The van der Waals surface area contributed by atoms with Gasteiger partial charge in [0.25, 0.3) is 0 Å². The zero-order valence-electron chi connectivity index (χ0n) is 11.4. The standard InChI is InChI=1S/C17H14ClN3/c18-16-19-14-9-5-4-8-13(14)15(20-16)21-17(10-11-17)12-6-2-1-3-7-12/h1-9H,10-11H2,(H,19,20,21). The number of hydrogen-bond donors (Lipinski definition) is 1. The molecule has 1 aromatic heterocycles. The SMILES string of the molecule is Clc1nc(NC2(c3ccccc3)CC2)c2ccccc2n1. The van der Waals surface area contributed by atoms with Crippen molar-refractivity contribution in [3.63, 3.8) is 0 Å². The number of rotatable bonds is 3. The predicted octanol–water partition coefficient (Wildman–Crippen LogP) is 4.38. The number of nitrogens with one attached hydrogen (secondary N) is 1. The lowest BCUT2D eigenvalue weighted by molar-refractivity contribution is 0.802. The van der Waals surface area contributed by atoms with Crippen molar-refractivity contribution in [3.8, 4) is 0 Å². The summed E-state index contributed by atoms with van der Waals surface area (Å²) in [7, 11) is 0. The zero-order chi connectivity index (χ0) is 14.3. The molecule has 0 bridgehead atoms. The molecule has 21 heavy (non-hydrogen) atoms. The molecule has 4 heteroatoms. The quantitative estimate of drug-likeness (QED) is 0.729. The Balaban J connectivity index is 1.78. The van der Waals surface area contributed by atoms with Gasteiger partial charge in [-0.15, -0.1) is 0 Å². The summed E-state index contributed by atoms with van der Waals surface area (Å²) >= 11 is 6.06. The van der Waals surface area contributed by atoms with Crippen LogP contribution in [0, 0.1) is 0 Å². The molecule has 3 aromatic rings. The average molecular weight is 296 g/mol. The van der Waals surface area contributed by atoms with Crippen LogP contribution in [0.15, 0.2) is 54.6 Å². The first kappa shape index (κ1) is 12.6. The van der Waals surface area contributed by atoms with E-state index >= 15 is 0 Å². The number of para-hydroxylation sites is 1. The van der Waals surface area contributed by atoms with E-state index < -0.39 is 0 Å². The van der Waals surface area contributed by atoms with Crippen molar-refractivity contribution in [2.75, 3.05) is 5.32 Å². The van der Waals surface area contributed by atoms with E-state index in [2.05, 4.69) is 39.6 Å². The first-order valence-electron chi connectivity index (χ1n) is 7.03. The first-order chi connectivity index (χ1) is 10.3. The summed E-state index contributed by atoms with van der Waals surface area (Å²) in [4.78, 5) is 8.67. The minimum atomic E-state index is -0.0122. The minimum absolute atomic E-state index is 0.0122. The van der Waals surface area contributed by atoms with Crippen molar-refractivity contribution in [1.82, 2.24) is 9.97 Å². The van der Waals surface area contributed by atoms with Gasteiger partial charge in [-0.1, -0.05) is 42.5 Å². The fraction of sp³-hybridized carbons (Fsp3) is 0.176. The topological polar surface area (TPSA) is 37.8 Å². The van der Waals surface area contributed by atoms with E-state index in [-0.39, 0.29) is 10.8 Å². The van der Waals surface area contributed by atoms with Crippen LogP contribution in [0.25, 0.3) is 10.9 Å². The molecular formula is C17H14ClN3. The normalized spacial score (nSPS) is 15.9. The summed E-state index contributed by atoms with van der Waals surface area (Å²) in [6.45, 7) is 0. The highest BCUT2D eigenvalue weighted by molar-refractivity contribution is 6.28. The van der Waals surface area contributed by atoms with Crippen molar-refractivity contribution in [2.24, 2.45) is 0 Å². The van der Waals surface area contributed by atoms with Crippen LogP contribution in [-0.2, 0) is 5.54 Å². The fourth-order valence-electron chi connectivity index (χ4n) is 2.74. The Morgan fingerprint density at radius 2 is 1.62 bits per heavy atom. The highest BCUT2D eigenvalue weighted by Crippen LogP contribution is 2.48. The molecule has 1 aliphatic rings. The summed E-state index contributed by atoms with van der Waals surface area (Å²) in [5, 5.41) is 4.88. The molecule has 0 amide bonds. The van der Waals surface area contributed by atoms with Gasteiger partial charge in [0, 0.05) is 5.39 Å². The Kier molecular flexibility index (Phi) is 2.82. The van der Waals surface area contributed by atoms with Gasteiger partial charge in [-0.05, 0) is 42.1 Å². The third kappa shape index (κ3) is 2.24. The molecule has 0 saturated heterocycles. The summed E-state index contributed by atoms with van der Waals surface area (Å²) in [5.74, 6) is 0.812. The lowest BCUT2D eigenvalue weighted by atomic mass is 10.0. The van der Waals surface area contributed by atoms with Gasteiger partial charge in [-0.25, -0.2) is 9.97 Å². The Morgan fingerprint density at radius 3 is 2.38 bits per heavy atom. The van der Waals surface area contributed by atoms with E-state index in [9.17, 15) is 0 Å². The van der Waals surface area contributed by atoms with E-state index in [0.29, 0.717) is 0 Å². The van der Waals surface area contributed by atoms with Crippen molar-refractivity contribution in [1.29, 1.82) is 0 Å². The van der Waals surface area contributed by atoms with Crippen LogP contribution >= 0.6 is 11.6 Å². The lowest BCUT2D eigenvalue weighted by Crippen LogP contribution is -2.19. The van der Waals surface area contributed by atoms with Crippen LogP contribution in [-0.4, -0.2) is 9.97 Å². The van der Waals surface area contributed by atoms with Crippen LogP contribution in [0.3, 0.4) is 0 Å². The number of nitrogens with zero attached hydrogens (tertiary/aromatic N) is 2. The van der Waals surface area contributed by atoms with Gasteiger partial charge in [0.15, 0.2) is 0 Å². The van der Waals surface area contributed by atoms with E-state index in [1.165, 1.54) is 5.56 Å². The van der Waals surface area contributed by atoms with E-state index in [1.54, 1.807) is 0 Å². The minimum Gasteiger partial charge on any atom is -0.360 e. The van der Waals surface area contributed by atoms with Crippen LogP contribution < -0.4 is 5.32 Å². The molecule has 0 radical (unpaired) electrons. The lowest BCUT2D eigenvalue weighted by Gasteiger charge is -2.19. The monoisotopic (exact) mass is 295 g/mol. The van der Waals surface area contributed by atoms with Gasteiger partial charge in [0.2, 0.25) is 5.28 Å². The highest BCUT2D eigenvalue weighted by atomic mass is 35.5. The van der Waals surface area contributed by atoms with Gasteiger partial charge in [0.1, 0.15) is 5.82 Å². The van der Waals surface area contributed by atoms with E-state index in [4.69, 9.17) is 11.6 Å². The number of halogens is 1. The third-order valence-corrected chi connectivity index (χ3v) is 4.18. The molecule has 0 spiro atoms. The Morgan fingerprint density at radius 1 is 0.905 bits per heavy atom. The second-order valence-corrected chi connectivity index (χ2v) is 5.77. The maximum Gasteiger partial charge on any atom is 0.224 e. The van der Waals surface area contributed by atoms with Crippen LogP contribution in [0.5, 0.6) is 0 Å². The molecule has 1 saturated carbocycles. The van der Waals surface area contributed by atoms with Gasteiger partial charge in [0.05, 0.1) is 11.1 Å². The number of hydrogen-bond acceptors (Lipinski definition) is 3. The third-order valence-electron chi connectivity index (χ3n) is 4.01. The summed E-state index contributed by atoms with van der Waals surface area (Å²) < 4.78 is 0. The number of fused-ring (bicyclic) bond motifs is 1. The average Bonchev–Trinajstić information content (AvgIpc) is 3.29. The molecule has 1 aliphatic carbocycles. The van der Waals surface area contributed by atoms with Crippen molar-refractivity contribution < 1.29 is 0 Å². The summed E-state index contributed by atoms with van der Waals surface area (Å²) in [6.07, 6.45) is 2.21. The number of aromatic nitrogens is 2.